The fourth-order valence-electron chi connectivity index (χ4n) is 6.16. The van der Waals surface area contributed by atoms with Gasteiger partial charge in [-0.25, -0.2) is 0 Å². The number of nitrogens with zero attached hydrogens (tertiary/aromatic N) is 1. The lowest BCUT2D eigenvalue weighted by atomic mass is 9.54. The highest BCUT2D eigenvalue weighted by Gasteiger charge is 2.73. The number of halogens is 3. The molecular formula is C28H21BrCl2N2O3. The summed E-state index contributed by atoms with van der Waals surface area (Å²) >= 11 is 18.3. The lowest BCUT2D eigenvalue weighted by molar-refractivity contribution is -0.146. The van der Waals surface area contributed by atoms with Gasteiger partial charge in [0.15, 0.2) is 0 Å². The number of hydrogen-bond donors (Lipinski definition) is 1. The Labute approximate surface area is 226 Å². The van der Waals surface area contributed by atoms with Gasteiger partial charge in [0.2, 0.25) is 17.7 Å². The average molecular weight is 584 g/mol. The Morgan fingerprint density at radius 3 is 1.75 bits per heavy atom. The van der Waals surface area contributed by atoms with Crippen molar-refractivity contribution < 1.29 is 14.4 Å². The minimum atomic E-state index is -1.27. The summed E-state index contributed by atoms with van der Waals surface area (Å²) in [5, 5.41) is 2.83. The summed E-state index contributed by atoms with van der Waals surface area (Å²) in [5.74, 6) is -3.29. The van der Waals surface area contributed by atoms with Crippen molar-refractivity contribution in [2.24, 2.45) is 11.8 Å². The van der Waals surface area contributed by atoms with Crippen LogP contribution in [0.3, 0.4) is 0 Å². The number of imide groups is 1. The van der Waals surface area contributed by atoms with Gasteiger partial charge in [-0.15, -0.1) is 23.2 Å². The lowest BCUT2D eigenvalue weighted by Crippen LogP contribution is -2.57. The van der Waals surface area contributed by atoms with Crippen LogP contribution in [0, 0.1) is 18.8 Å². The van der Waals surface area contributed by atoms with E-state index in [4.69, 9.17) is 23.2 Å². The number of carbonyl (C=O) groups excluding carboxylic acids is 3. The Balaban J connectivity index is 1.43. The largest absolute Gasteiger partial charge is 0.324 e. The molecule has 0 aromatic heterocycles. The van der Waals surface area contributed by atoms with E-state index >= 15 is 0 Å². The van der Waals surface area contributed by atoms with E-state index in [9.17, 15) is 14.4 Å². The monoisotopic (exact) mass is 582 g/mol. The van der Waals surface area contributed by atoms with E-state index < -0.39 is 45.3 Å². The first-order valence-electron chi connectivity index (χ1n) is 11.6. The summed E-state index contributed by atoms with van der Waals surface area (Å²) in [6.07, 6.45) is 0. The fraction of sp³-hybridized carbons (Fsp3) is 0.250. The summed E-state index contributed by atoms with van der Waals surface area (Å²) in [6.45, 7) is 3.46. The summed E-state index contributed by atoms with van der Waals surface area (Å²) in [5.41, 5.74) is 4.44. The van der Waals surface area contributed by atoms with Gasteiger partial charge in [-0.2, -0.15) is 0 Å². The lowest BCUT2D eigenvalue weighted by Gasteiger charge is -2.54. The number of alkyl halides is 2. The van der Waals surface area contributed by atoms with Crippen LogP contribution in [0.15, 0.2) is 71.2 Å². The van der Waals surface area contributed by atoms with Gasteiger partial charge >= 0.3 is 0 Å². The Bertz CT molecular complexity index is 1370. The zero-order chi connectivity index (χ0) is 25.6. The summed E-state index contributed by atoms with van der Waals surface area (Å²) in [7, 11) is 0. The second-order valence-electron chi connectivity index (χ2n) is 9.65. The maximum Gasteiger partial charge on any atom is 0.247 e. The van der Waals surface area contributed by atoms with E-state index in [1.165, 1.54) is 0 Å². The SMILES string of the molecule is Cc1cc(NC(=O)[C@H](C)N2C(=O)[C@@H]3[C@H](C2=O)C2(Cl)c4ccccc4C3(Cl)c3ccccc32)ccc1Br. The molecule has 1 heterocycles. The van der Waals surface area contributed by atoms with Crippen molar-refractivity contribution >= 4 is 62.5 Å². The third kappa shape index (κ3) is 2.86. The zero-order valence-corrected chi connectivity index (χ0v) is 22.5. The van der Waals surface area contributed by atoms with Crippen molar-refractivity contribution in [1.29, 1.82) is 0 Å². The number of benzene rings is 3. The smallest absolute Gasteiger partial charge is 0.247 e. The summed E-state index contributed by atoms with van der Waals surface area (Å²) in [4.78, 5) is 39.7. The molecule has 0 saturated carbocycles. The minimum absolute atomic E-state index is 0.466. The van der Waals surface area contributed by atoms with Crippen molar-refractivity contribution in [3.63, 3.8) is 0 Å². The van der Waals surface area contributed by atoms with E-state index in [1.807, 2.05) is 67.6 Å². The third-order valence-electron chi connectivity index (χ3n) is 7.81. The van der Waals surface area contributed by atoms with Crippen LogP contribution in [-0.4, -0.2) is 28.7 Å². The Morgan fingerprint density at radius 2 is 1.33 bits per heavy atom. The van der Waals surface area contributed by atoms with Crippen molar-refractivity contribution in [3.05, 3.63) is 99.0 Å². The third-order valence-corrected chi connectivity index (χ3v) is 9.99. The van der Waals surface area contributed by atoms with Crippen LogP contribution in [0.5, 0.6) is 0 Å². The maximum atomic E-state index is 14.0. The number of hydrogen-bond acceptors (Lipinski definition) is 3. The fourth-order valence-corrected chi connectivity index (χ4v) is 7.50. The van der Waals surface area contributed by atoms with Crippen molar-refractivity contribution in [1.82, 2.24) is 4.90 Å². The molecule has 1 N–H and O–H groups in total. The molecule has 5 nitrogen and oxygen atoms in total. The summed E-state index contributed by atoms with van der Waals surface area (Å²) in [6, 6.07) is 19.3. The predicted molar refractivity (Wildman–Crippen MR) is 142 cm³/mol. The molecule has 182 valence electrons. The zero-order valence-electron chi connectivity index (χ0n) is 19.4. The Kier molecular flexibility index (Phi) is 5.21. The number of likely N-dealkylation sites (tertiary alicyclic amines) is 1. The highest BCUT2D eigenvalue weighted by Crippen LogP contribution is 2.69. The van der Waals surface area contributed by atoms with Crippen molar-refractivity contribution in [2.75, 3.05) is 5.32 Å². The molecule has 3 atom stereocenters. The number of nitrogens with one attached hydrogen (secondary N) is 1. The maximum absolute atomic E-state index is 14.0. The van der Waals surface area contributed by atoms with Crippen molar-refractivity contribution in [3.8, 4) is 0 Å². The standard InChI is InChI=1S/C28H21BrCl2N2O3/c1-14-13-16(11-12-21(14)29)32-24(34)15(2)33-25(35)22-23(26(33)36)28(31)18-8-4-3-7-17(18)27(22,30)19-9-5-6-10-20(19)28/h3-13,15,22-23H,1-2H3,(H,32,34)/t15-,22-,23+,27?,28?/m0/s1. The van der Waals surface area contributed by atoms with Gasteiger partial charge in [0.1, 0.15) is 15.8 Å². The Morgan fingerprint density at radius 1 is 0.889 bits per heavy atom. The van der Waals surface area contributed by atoms with Crippen LogP contribution in [0.2, 0.25) is 0 Å². The van der Waals surface area contributed by atoms with E-state index in [-0.39, 0.29) is 0 Å². The van der Waals surface area contributed by atoms with Crippen LogP contribution in [-0.2, 0) is 24.1 Å². The Hall–Kier alpha value is -2.67. The average Bonchev–Trinajstić information content (AvgIpc) is 3.15. The molecule has 3 aliphatic carbocycles. The number of carbonyl (C=O) groups is 3. The minimum Gasteiger partial charge on any atom is -0.324 e. The molecule has 0 unspecified atom stereocenters. The van der Waals surface area contributed by atoms with Crippen LogP contribution in [0.4, 0.5) is 5.69 Å². The van der Waals surface area contributed by atoms with Gasteiger partial charge in [-0.05, 0) is 59.9 Å². The molecule has 1 aliphatic heterocycles. The molecule has 7 rings (SSSR count). The molecule has 1 fully saturated rings. The van der Waals surface area contributed by atoms with E-state index in [1.54, 1.807) is 13.0 Å². The highest BCUT2D eigenvalue weighted by atomic mass is 79.9. The molecule has 3 amide bonds. The van der Waals surface area contributed by atoms with E-state index in [0.29, 0.717) is 5.69 Å². The van der Waals surface area contributed by atoms with Crippen LogP contribution >= 0.6 is 39.1 Å². The van der Waals surface area contributed by atoms with E-state index in [2.05, 4.69) is 21.2 Å². The van der Waals surface area contributed by atoms with Crippen LogP contribution < -0.4 is 5.32 Å². The second kappa shape index (κ2) is 7.91. The van der Waals surface area contributed by atoms with Gasteiger partial charge in [0, 0.05) is 10.2 Å². The van der Waals surface area contributed by atoms with E-state index in [0.717, 1.165) is 37.2 Å². The molecule has 2 bridgehead atoms. The highest BCUT2D eigenvalue weighted by molar-refractivity contribution is 9.10. The molecule has 3 aromatic rings. The molecule has 3 aromatic carbocycles. The first-order valence-corrected chi connectivity index (χ1v) is 13.2. The van der Waals surface area contributed by atoms with Gasteiger partial charge in [0.05, 0.1) is 11.8 Å². The molecule has 8 heteroatoms. The van der Waals surface area contributed by atoms with Gasteiger partial charge in [0.25, 0.3) is 0 Å². The normalized spacial score (nSPS) is 28.4. The first-order chi connectivity index (χ1) is 17.1. The summed E-state index contributed by atoms with van der Waals surface area (Å²) < 4.78 is 0.914. The van der Waals surface area contributed by atoms with Crippen LogP contribution in [0.1, 0.15) is 34.7 Å². The molecule has 4 aliphatic rings. The molecule has 0 spiro atoms. The molecule has 1 saturated heterocycles. The molecule has 0 radical (unpaired) electrons. The quantitative estimate of drug-likeness (QED) is 0.319. The first kappa shape index (κ1) is 23.7. The molecular weight excluding hydrogens is 563 g/mol. The van der Waals surface area contributed by atoms with Gasteiger partial charge in [-0.1, -0.05) is 64.5 Å². The van der Waals surface area contributed by atoms with Crippen LogP contribution in [0.25, 0.3) is 0 Å². The number of anilines is 1. The number of rotatable bonds is 3. The predicted octanol–water partition coefficient (Wildman–Crippen LogP) is 5.68. The van der Waals surface area contributed by atoms with Gasteiger partial charge in [-0.3, -0.25) is 19.3 Å². The van der Waals surface area contributed by atoms with Gasteiger partial charge < -0.3 is 5.32 Å². The van der Waals surface area contributed by atoms with Crippen molar-refractivity contribution in [2.45, 2.75) is 29.6 Å². The molecule has 36 heavy (non-hydrogen) atoms. The second-order valence-corrected chi connectivity index (χ2v) is 11.7. The topological polar surface area (TPSA) is 66.5 Å². The number of aryl methyl sites for hydroxylation is 1. The number of amides is 3.